The fourth-order valence-electron chi connectivity index (χ4n) is 3.25. The van der Waals surface area contributed by atoms with Crippen molar-refractivity contribution in [2.24, 2.45) is 5.41 Å². The molecule has 3 rings (SSSR count). The van der Waals surface area contributed by atoms with E-state index in [4.69, 9.17) is 0 Å². The minimum absolute atomic E-state index is 0.141. The summed E-state index contributed by atoms with van der Waals surface area (Å²) < 4.78 is 12.9. The van der Waals surface area contributed by atoms with Gasteiger partial charge in [-0.25, -0.2) is 4.39 Å². The number of hydrogen-bond acceptors (Lipinski definition) is 2. The lowest BCUT2D eigenvalue weighted by Crippen LogP contribution is -2.39. The maximum absolute atomic E-state index is 12.9. The summed E-state index contributed by atoms with van der Waals surface area (Å²) in [4.78, 5) is 2.66. The van der Waals surface area contributed by atoms with Crippen LogP contribution in [0.15, 0.2) is 24.3 Å². The minimum atomic E-state index is -0.141. The Labute approximate surface area is 121 Å². The van der Waals surface area contributed by atoms with Crippen molar-refractivity contribution in [1.29, 1.82) is 0 Å². The fourth-order valence-corrected chi connectivity index (χ4v) is 3.25. The molecule has 0 aromatic heterocycles. The second-order valence-electron chi connectivity index (χ2n) is 6.82. The number of nitrogens with zero attached hydrogens (tertiary/aromatic N) is 1. The van der Waals surface area contributed by atoms with Gasteiger partial charge < -0.3 is 5.32 Å². The van der Waals surface area contributed by atoms with Gasteiger partial charge in [0.05, 0.1) is 0 Å². The highest BCUT2D eigenvalue weighted by atomic mass is 19.1. The predicted octanol–water partition coefficient (Wildman–Crippen LogP) is 2.83. The van der Waals surface area contributed by atoms with Gasteiger partial charge in [-0.15, -0.1) is 0 Å². The van der Waals surface area contributed by atoms with Crippen molar-refractivity contribution in [1.82, 2.24) is 10.2 Å². The smallest absolute Gasteiger partial charge is 0.123 e. The molecule has 20 heavy (non-hydrogen) atoms. The van der Waals surface area contributed by atoms with Gasteiger partial charge in [0.25, 0.3) is 0 Å². The zero-order valence-corrected chi connectivity index (χ0v) is 12.4. The van der Waals surface area contributed by atoms with Crippen LogP contribution in [0, 0.1) is 11.2 Å². The molecule has 1 saturated heterocycles. The Morgan fingerprint density at radius 2 is 2.05 bits per heavy atom. The van der Waals surface area contributed by atoms with Gasteiger partial charge in [-0.3, -0.25) is 4.90 Å². The van der Waals surface area contributed by atoms with Crippen molar-refractivity contribution < 1.29 is 4.39 Å². The van der Waals surface area contributed by atoms with Crippen LogP contribution in [0.2, 0.25) is 0 Å². The third kappa shape index (κ3) is 3.58. The molecule has 3 heteroatoms. The van der Waals surface area contributed by atoms with Crippen molar-refractivity contribution in [2.45, 2.75) is 38.6 Å². The summed E-state index contributed by atoms with van der Waals surface area (Å²) >= 11 is 0. The largest absolute Gasteiger partial charge is 0.316 e. The van der Waals surface area contributed by atoms with E-state index in [0.29, 0.717) is 5.41 Å². The van der Waals surface area contributed by atoms with Gasteiger partial charge in [-0.2, -0.15) is 0 Å². The van der Waals surface area contributed by atoms with Crippen molar-refractivity contribution in [3.05, 3.63) is 35.6 Å². The first kappa shape index (κ1) is 14.0. The molecule has 1 aliphatic heterocycles. The summed E-state index contributed by atoms with van der Waals surface area (Å²) in [7, 11) is 0. The standard InChI is InChI=1S/C17H25FN2/c1-17(9-10-19-12-17)13-20(16-6-7-16)11-8-14-2-4-15(18)5-3-14/h2-5,16,19H,6-13H2,1H3. The zero-order chi connectivity index (χ0) is 14.0. The molecule has 2 aliphatic rings. The first-order valence-corrected chi connectivity index (χ1v) is 7.84. The van der Waals surface area contributed by atoms with Crippen LogP contribution in [0.3, 0.4) is 0 Å². The summed E-state index contributed by atoms with van der Waals surface area (Å²) in [5, 5.41) is 3.49. The van der Waals surface area contributed by atoms with E-state index in [1.54, 1.807) is 12.1 Å². The van der Waals surface area contributed by atoms with Gasteiger partial charge >= 0.3 is 0 Å². The number of benzene rings is 1. The van der Waals surface area contributed by atoms with Crippen LogP contribution in [0.1, 0.15) is 31.7 Å². The molecule has 1 aromatic carbocycles. The van der Waals surface area contributed by atoms with Crippen molar-refractivity contribution in [3.63, 3.8) is 0 Å². The molecule has 110 valence electrons. The summed E-state index contributed by atoms with van der Waals surface area (Å²) in [6, 6.07) is 7.77. The number of nitrogens with one attached hydrogen (secondary N) is 1. The molecule has 1 saturated carbocycles. The molecule has 0 radical (unpaired) electrons. The number of halogens is 1. The maximum Gasteiger partial charge on any atom is 0.123 e. The molecule has 0 bridgehead atoms. The van der Waals surface area contributed by atoms with Gasteiger partial charge in [0.2, 0.25) is 0 Å². The monoisotopic (exact) mass is 276 g/mol. The Kier molecular flexibility index (Phi) is 4.08. The van der Waals surface area contributed by atoms with E-state index in [1.807, 2.05) is 12.1 Å². The molecule has 2 nitrogen and oxygen atoms in total. The Morgan fingerprint density at radius 3 is 2.65 bits per heavy atom. The molecule has 1 N–H and O–H groups in total. The Morgan fingerprint density at radius 1 is 1.30 bits per heavy atom. The van der Waals surface area contributed by atoms with Crippen molar-refractivity contribution in [3.8, 4) is 0 Å². The molecule has 1 unspecified atom stereocenters. The van der Waals surface area contributed by atoms with Crippen molar-refractivity contribution in [2.75, 3.05) is 26.2 Å². The van der Waals surface area contributed by atoms with Gasteiger partial charge in [0.1, 0.15) is 5.82 Å². The van der Waals surface area contributed by atoms with E-state index in [9.17, 15) is 4.39 Å². The predicted molar refractivity (Wildman–Crippen MR) is 80.3 cm³/mol. The summed E-state index contributed by atoms with van der Waals surface area (Å²) in [5.74, 6) is -0.141. The Hall–Kier alpha value is -0.930. The normalized spacial score (nSPS) is 26.4. The lowest BCUT2D eigenvalue weighted by molar-refractivity contribution is 0.171. The van der Waals surface area contributed by atoms with Gasteiger partial charge in [0.15, 0.2) is 0 Å². The second-order valence-corrected chi connectivity index (χ2v) is 6.82. The van der Waals surface area contributed by atoms with Crippen LogP contribution in [0.4, 0.5) is 4.39 Å². The van der Waals surface area contributed by atoms with Gasteiger partial charge in [0, 0.05) is 25.7 Å². The Bertz CT molecular complexity index is 433. The van der Waals surface area contributed by atoms with Crippen LogP contribution >= 0.6 is 0 Å². The van der Waals surface area contributed by atoms with Crippen LogP contribution in [-0.4, -0.2) is 37.1 Å². The zero-order valence-electron chi connectivity index (χ0n) is 12.4. The third-order valence-corrected chi connectivity index (χ3v) is 4.71. The van der Waals surface area contributed by atoms with Gasteiger partial charge in [-0.1, -0.05) is 19.1 Å². The lowest BCUT2D eigenvalue weighted by Gasteiger charge is -2.32. The van der Waals surface area contributed by atoms with E-state index >= 15 is 0 Å². The molecule has 0 spiro atoms. The summed E-state index contributed by atoms with van der Waals surface area (Å²) in [6.07, 6.45) is 5.02. The first-order chi connectivity index (χ1) is 9.65. The van der Waals surface area contributed by atoms with Crippen LogP contribution in [0.25, 0.3) is 0 Å². The molecule has 1 aromatic rings. The highest BCUT2D eigenvalue weighted by molar-refractivity contribution is 5.16. The van der Waals surface area contributed by atoms with Crippen LogP contribution < -0.4 is 5.32 Å². The summed E-state index contributed by atoms with van der Waals surface area (Å²) in [5.41, 5.74) is 1.68. The highest BCUT2D eigenvalue weighted by Gasteiger charge is 2.36. The van der Waals surface area contributed by atoms with E-state index < -0.39 is 0 Å². The molecule has 2 fully saturated rings. The average Bonchev–Trinajstić information content (AvgIpc) is 3.20. The topological polar surface area (TPSA) is 15.3 Å². The molecular weight excluding hydrogens is 251 g/mol. The molecule has 1 aliphatic carbocycles. The number of rotatable bonds is 6. The third-order valence-electron chi connectivity index (χ3n) is 4.71. The average molecular weight is 276 g/mol. The second kappa shape index (κ2) is 5.82. The van der Waals surface area contributed by atoms with E-state index in [2.05, 4.69) is 17.1 Å². The molecular formula is C17H25FN2. The minimum Gasteiger partial charge on any atom is -0.316 e. The lowest BCUT2D eigenvalue weighted by atomic mass is 9.89. The molecule has 1 atom stereocenters. The molecule has 1 heterocycles. The fraction of sp³-hybridized carbons (Fsp3) is 0.647. The van der Waals surface area contributed by atoms with Crippen molar-refractivity contribution >= 4 is 0 Å². The van der Waals surface area contributed by atoms with E-state index in [1.165, 1.54) is 31.4 Å². The van der Waals surface area contributed by atoms with E-state index in [0.717, 1.165) is 32.1 Å². The van der Waals surface area contributed by atoms with Crippen LogP contribution in [-0.2, 0) is 6.42 Å². The quantitative estimate of drug-likeness (QED) is 0.859. The first-order valence-electron chi connectivity index (χ1n) is 7.84. The maximum atomic E-state index is 12.9. The summed E-state index contributed by atoms with van der Waals surface area (Å²) in [6.45, 7) is 7.01. The SMILES string of the molecule is CC1(CN(CCc2ccc(F)cc2)C2CC2)CCNC1. The highest BCUT2D eigenvalue weighted by Crippen LogP contribution is 2.33. The molecule has 0 amide bonds. The Balaban J connectivity index is 1.56. The van der Waals surface area contributed by atoms with Crippen LogP contribution in [0.5, 0.6) is 0 Å². The van der Waals surface area contributed by atoms with E-state index in [-0.39, 0.29) is 5.82 Å². The van der Waals surface area contributed by atoms with Gasteiger partial charge in [-0.05, 0) is 55.3 Å². The number of hydrogen-bond donors (Lipinski definition) is 1.